The quantitative estimate of drug-likeness (QED) is 0.528. The molecule has 8 heteroatoms. The highest BCUT2D eigenvalue weighted by Crippen LogP contribution is 2.26. The summed E-state index contributed by atoms with van der Waals surface area (Å²) in [7, 11) is 0. The summed E-state index contributed by atoms with van der Waals surface area (Å²) in [6.45, 7) is -0.0474. The smallest absolute Gasteiger partial charge is 0.341 e. The number of carbonyl (C=O) groups excluding carboxylic acids is 1. The van der Waals surface area contributed by atoms with E-state index in [1.807, 2.05) is 24.4 Å². The van der Waals surface area contributed by atoms with Crippen LogP contribution in [0.2, 0.25) is 0 Å². The molecule has 0 radical (unpaired) electrons. The van der Waals surface area contributed by atoms with E-state index in [1.165, 1.54) is 18.3 Å². The van der Waals surface area contributed by atoms with Crippen LogP contribution in [0.15, 0.2) is 53.9 Å². The maximum Gasteiger partial charge on any atom is 0.341 e. The van der Waals surface area contributed by atoms with Crippen LogP contribution in [0.25, 0.3) is 5.65 Å². The van der Waals surface area contributed by atoms with Gasteiger partial charge in [0.1, 0.15) is 17.3 Å². The highest BCUT2D eigenvalue weighted by atomic mass is 32.2. The number of hydrogen-bond donors (Lipinski definition) is 0. The van der Waals surface area contributed by atoms with Crippen LogP contribution in [0.4, 0.5) is 8.78 Å². The molecule has 23 heavy (non-hydrogen) atoms. The summed E-state index contributed by atoms with van der Waals surface area (Å²) in [4.78, 5) is 20.2. The molecule has 0 atom stereocenters. The lowest BCUT2D eigenvalue weighted by molar-refractivity contribution is 0.0463. The first-order valence-corrected chi connectivity index (χ1v) is 7.51. The number of nitrogens with zero attached hydrogens (tertiary/aromatic N) is 3. The molecule has 0 amide bonds. The minimum absolute atomic E-state index is 0.0153. The van der Waals surface area contributed by atoms with Crippen LogP contribution in [0.5, 0.6) is 0 Å². The molecule has 0 N–H and O–H groups in total. The van der Waals surface area contributed by atoms with Crippen molar-refractivity contribution in [1.82, 2.24) is 14.4 Å². The Bertz CT molecular complexity index is 805. The molecule has 0 saturated carbocycles. The van der Waals surface area contributed by atoms with Crippen LogP contribution >= 0.6 is 11.8 Å². The van der Waals surface area contributed by atoms with Crippen LogP contribution in [0.3, 0.4) is 0 Å². The molecule has 3 aromatic rings. The zero-order valence-corrected chi connectivity index (χ0v) is 12.5. The predicted molar refractivity (Wildman–Crippen MR) is 80.4 cm³/mol. The zero-order chi connectivity index (χ0) is 16.2. The number of esters is 1. The van der Waals surface area contributed by atoms with Gasteiger partial charge >= 0.3 is 5.97 Å². The lowest BCUT2D eigenvalue weighted by Crippen LogP contribution is -2.08. The molecule has 118 valence electrons. The zero-order valence-electron chi connectivity index (χ0n) is 11.7. The Labute approximate surface area is 134 Å². The molecular weight excluding hydrogens is 324 g/mol. The van der Waals surface area contributed by atoms with Gasteiger partial charge in [-0.15, -0.1) is 0 Å². The van der Waals surface area contributed by atoms with Crippen molar-refractivity contribution in [1.29, 1.82) is 0 Å². The van der Waals surface area contributed by atoms with Crippen molar-refractivity contribution < 1.29 is 18.3 Å². The van der Waals surface area contributed by atoms with E-state index in [-0.39, 0.29) is 29.0 Å². The first-order valence-electron chi connectivity index (χ1n) is 6.63. The van der Waals surface area contributed by atoms with E-state index < -0.39 is 11.7 Å². The highest BCUT2D eigenvalue weighted by molar-refractivity contribution is 7.99. The minimum atomic E-state index is -2.66. The average molecular weight is 335 g/mol. The molecular formula is C15H11F2N3O2S. The lowest BCUT2D eigenvalue weighted by Gasteiger charge is -2.07. The van der Waals surface area contributed by atoms with Gasteiger partial charge in [0.15, 0.2) is 0 Å². The van der Waals surface area contributed by atoms with Gasteiger partial charge in [-0.2, -0.15) is 8.78 Å². The first-order chi connectivity index (χ1) is 11.1. The van der Waals surface area contributed by atoms with Crippen molar-refractivity contribution in [3.8, 4) is 0 Å². The third-order valence-electron chi connectivity index (χ3n) is 2.96. The van der Waals surface area contributed by atoms with Crippen LogP contribution in [-0.4, -0.2) is 26.1 Å². The molecule has 3 heterocycles. The van der Waals surface area contributed by atoms with Gasteiger partial charge in [0.25, 0.3) is 5.76 Å². The molecule has 5 nitrogen and oxygen atoms in total. The molecule has 0 aliphatic rings. The SMILES string of the molecule is O=C(OCc1cn2ccccc2n1)c1cccnc1SC(F)F. The van der Waals surface area contributed by atoms with Crippen LogP contribution in [0.1, 0.15) is 16.1 Å². The third kappa shape index (κ3) is 3.65. The fourth-order valence-corrected chi connectivity index (χ4v) is 2.57. The Balaban J connectivity index is 1.72. The summed E-state index contributed by atoms with van der Waals surface area (Å²) >= 11 is 0.214. The van der Waals surface area contributed by atoms with Gasteiger partial charge in [0.05, 0.1) is 11.3 Å². The summed E-state index contributed by atoms with van der Waals surface area (Å²) in [6.07, 6.45) is 4.91. The number of fused-ring (bicyclic) bond motifs is 1. The summed E-state index contributed by atoms with van der Waals surface area (Å²) in [5.74, 6) is -3.37. The first kappa shape index (κ1) is 15.4. The van der Waals surface area contributed by atoms with Crippen molar-refractivity contribution in [2.24, 2.45) is 0 Å². The van der Waals surface area contributed by atoms with Crippen molar-refractivity contribution in [2.45, 2.75) is 17.4 Å². The van der Waals surface area contributed by atoms with E-state index in [1.54, 1.807) is 10.6 Å². The van der Waals surface area contributed by atoms with E-state index in [4.69, 9.17) is 4.74 Å². The number of halogens is 2. The van der Waals surface area contributed by atoms with E-state index in [2.05, 4.69) is 9.97 Å². The summed E-state index contributed by atoms with van der Waals surface area (Å²) < 4.78 is 31.9. The lowest BCUT2D eigenvalue weighted by atomic mass is 10.3. The third-order valence-corrected chi connectivity index (χ3v) is 3.68. The van der Waals surface area contributed by atoms with E-state index in [9.17, 15) is 13.6 Å². The largest absolute Gasteiger partial charge is 0.455 e. The van der Waals surface area contributed by atoms with Crippen LogP contribution < -0.4 is 0 Å². The fraction of sp³-hybridized carbons (Fsp3) is 0.133. The number of ether oxygens (including phenoxy) is 1. The maximum absolute atomic E-state index is 12.5. The molecule has 0 unspecified atom stereocenters. The summed E-state index contributed by atoms with van der Waals surface area (Å²) in [5, 5.41) is -0.0532. The molecule has 0 saturated heterocycles. The van der Waals surface area contributed by atoms with Crippen molar-refractivity contribution in [2.75, 3.05) is 0 Å². The van der Waals surface area contributed by atoms with Crippen molar-refractivity contribution in [3.63, 3.8) is 0 Å². The number of pyridine rings is 2. The fourth-order valence-electron chi connectivity index (χ4n) is 2.00. The second-order valence-corrected chi connectivity index (χ2v) is 5.49. The van der Waals surface area contributed by atoms with Gasteiger partial charge in [0.2, 0.25) is 0 Å². The summed E-state index contributed by atoms with van der Waals surface area (Å²) in [5.41, 5.74) is 1.31. The standard InChI is InChI=1S/C15H11F2N3O2S/c16-15(17)23-13-11(4-3-6-18-13)14(21)22-9-10-8-20-7-2-1-5-12(20)19-10/h1-8,15H,9H2. The average Bonchev–Trinajstić information content (AvgIpc) is 2.95. The maximum atomic E-state index is 12.5. The number of thioether (sulfide) groups is 1. The topological polar surface area (TPSA) is 56.5 Å². The van der Waals surface area contributed by atoms with Gasteiger partial charge in [-0.05, 0) is 36.0 Å². The molecule has 0 aromatic carbocycles. The number of aromatic nitrogens is 3. The summed E-state index contributed by atoms with van der Waals surface area (Å²) in [6, 6.07) is 8.43. The molecule has 3 aromatic heterocycles. The highest BCUT2D eigenvalue weighted by Gasteiger charge is 2.18. The molecule has 0 bridgehead atoms. The monoisotopic (exact) mass is 335 g/mol. The number of hydrogen-bond acceptors (Lipinski definition) is 5. The number of rotatable bonds is 5. The molecule has 3 rings (SSSR count). The predicted octanol–water partition coefficient (Wildman–Crippen LogP) is 3.40. The van der Waals surface area contributed by atoms with E-state index in [0.29, 0.717) is 5.69 Å². The van der Waals surface area contributed by atoms with Gasteiger partial charge in [-0.1, -0.05) is 6.07 Å². The normalized spacial score (nSPS) is 11.1. The van der Waals surface area contributed by atoms with E-state index >= 15 is 0 Å². The Morgan fingerprint density at radius 2 is 2.17 bits per heavy atom. The Kier molecular flexibility index (Phi) is 4.52. The van der Waals surface area contributed by atoms with Crippen molar-refractivity contribution >= 4 is 23.4 Å². The van der Waals surface area contributed by atoms with Gasteiger partial charge in [0, 0.05) is 18.6 Å². The van der Waals surface area contributed by atoms with Crippen LogP contribution in [0, 0.1) is 0 Å². The second kappa shape index (κ2) is 6.74. The molecule has 0 aliphatic carbocycles. The molecule has 0 aliphatic heterocycles. The number of carbonyl (C=O) groups is 1. The van der Waals surface area contributed by atoms with Gasteiger partial charge in [-0.25, -0.2) is 14.8 Å². The van der Waals surface area contributed by atoms with Crippen LogP contribution in [-0.2, 0) is 11.3 Å². The van der Waals surface area contributed by atoms with E-state index in [0.717, 1.165) is 5.65 Å². The Hall–Kier alpha value is -2.48. The van der Waals surface area contributed by atoms with Gasteiger partial charge in [-0.3, -0.25) is 0 Å². The second-order valence-electron chi connectivity index (χ2n) is 4.51. The Morgan fingerprint density at radius 1 is 1.30 bits per heavy atom. The number of alkyl halides is 2. The molecule has 0 spiro atoms. The number of imidazole rings is 1. The molecule has 0 fully saturated rings. The van der Waals surface area contributed by atoms with Crippen molar-refractivity contribution in [3.05, 3.63) is 60.2 Å². The minimum Gasteiger partial charge on any atom is -0.455 e. The van der Waals surface area contributed by atoms with Gasteiger partial charge < -0.3 is 9.14 Å². The Morgan fingerprint density at radius 3 is 2.96 bits per heavy atom.